The molecule has 1 saturated carbocycles. The van der Waals surface area contributed by atoms with E-state index in [1.807, 2.05) is 24.3 Å². The molecular formula is C17H25NO2. The third kappa shape index (κ3) is 4.17. The first-order valence-corrected chi connectivity index (χ1v) is 7.40. The monoisotopic (exact) mass is 276 g/mol. The molecule has 0 bridgehead atoms. The summed E-state index contributed by atoms with van der Waals surface area (Å²) in [6, 6.07) is 7.24. The molecule has 110 valence electrons. The first-order chi connectivity index (χ1) is 9.95. The van der Waals surface area contributed by atoms with Gasteiger partial charge in [0, 0.05) is 0 Å². The number of rotatable bonds is 5. The summed E-state index contributed by atoms with van der Waals surface area (Å²) in [5.41, 5.74) is 6.15. The van der Waals surface area contributed by atoms with Gasteiger partial charge in [-0.3, -0.25) is 0 Å². The zero-order valence-corrected chi connectivity index (χ0v) is 11.9. The van der Waals surface area contributed by atoms with Crippen LogP contribution in [0.2, 0.25) is 0 Å². The van der Waals surface area contributed by atoms with Gasteiger partial charge in [-0.25, -0.2) is 0 Å². The van der Waals surface area contributed by atoms with Gasteiger partial charge in [0.05, 0.1) is 13.1 Å². The quantitative estimate of drug-likeness (QED) is 0.774. The Bertz CT molecular complexity index is 493. The Labute approximate surface area is 122 Å². The molecule has 0 amide bonds. The molecule has 2 rings (SSSR count). The van der Waals surface area contributed by atoms with Gasteiger partial charge in [0.15, 0.2) is 0 Å². The van der Waals surface area contributed by atoms with Gasteiger partial charge in [0.25, 0.3) is 0 Å². The SMILES string of the molecule is [2H]C(O)(CCN)c1cccc(C=CC2(O)CCCCC2)c1. The van der Waals surface area contributed by atoms with Crippen LogP contribution in [0.4, 0.5) is 0 Å². The molecule has 1 atom stereocenters. The highest BCUT2D eigenvalue weighted by molar-refractivity contribution is 5.52. The Morgan fingerprint density at radius 3 is 2.80 bits per heavy atom. The van der Waals surface area contributed by atoms with Gasteiger partial charge in [-0.2, -0.15) is 0 Å². The van der Waals surface area contributed by atoms with Crippen molar-refractivity contribution in [1.29, 1.82) is 0 Å². The third-order valence-corrected chi connectivity index (χ3v) is 3.91. The van der Waals surface area contributed by atoms with Crippen LogP contribution in [0, 0.1) is 0 Å². The third-order valence-electron chi connectivity index (χ3n) is 3.91. The van der Waals surface area contributed by atoms with E-state index in [1.165, 1.54) is 6.42 Å². The molecule has 0 aliphatic heterocycles. The van der Waals surface area contributed by atoms with E-state index in [-0.39, 0.29) is 13.0 Å². The van der Waals surface area contributed by atoms with Crippen molar-refractivity contribution in [2.45, 2.75) is 50.2 Å². The lowest BCUT2D eigenvalue weighted by Crippen LogP contribution is -2.28. The minimum atomic E-state index is -1.65. The Balaban J connectivity index is 2.14. The number of hydrogen-bond acceptors (Lipinski definition) is 3. The van der Waals surface area contributed by atoms with Gasteiger partial charge in [0.1, 0.15) is 0 Å². The lowest BCUT2D eigenvalue weighted by Gasteiger charge is -2.28. The Morgan fingerprint density at radius 2 is 2.10 bits per heavy atom. The van der Waals surface area contributed by atoms with Gasteiger partial charge in [-0.1, -0.05) is 49.6 Å². The number of hydrogen-bond donors (Lipinski definition) is 3. The van der Waals surface area contributed by atoms with E-state index in [2.05, 4.69) is 0 Å². The Morgan fingerprint density at radius 1 is 1.35 bits per heavy atom. The van der Waals surface area contributed by atoms with E-state index < -0.39 is 11.7 Å². The van der Waals surface area contributed by atoms with E-state index in [0.29, 0.717) is 5.56 Å². The van der Waals surface area contributed by atoms with E-state index in [1.54, 1.807) is 12.1 Å². The Kier molecular flexibility index (Phi) is 4.85. The zero-order chi connectivity index (χ0) is 15.3. The zero-order valence-electron chi connectivity index (χ0n) is 12.9. The van der Waals surface area contributed by atoms with Crippen LogP contribution >= 0.6 is 0 Å². The second kappa shape index (κ2) is 7.02. The number of nitrogens with two attached hydrogens (primary N) is 1. The molecule has 1 aromatic rings. The molecule has 1 unspecified atom stereocenters. The van der Waals surface area contributed by atoms with Crippen molar-refractivity contribution in [3.05, 3.63) is 41.5 Å². The van der Waals surface area contributed by atoms with Gasteiger partial charge < -0.3 is 15.9 Å². The summed E-state index contributed by atoms with van der Waals surface area (Å²) in [4.78, 5) is 0. The molecule has 0 aromatic heterocycles. The van der Waals surface area contributed by atoms with Crippen LogP contribution in [0.1, 0.15) is 57.1 Å². The summed E-state index contributed by atoms with van der Waals surface area (Å²) in [7, 11) is 0. The molecule has 1 fully saturated rings. The maximum absolute atomic E-state index is 10.5. The Hall–Kier alpha value is -1.16. The van der Waals surface area contributed by atoms with Crippen molar-refractivity contribution in [2.75, 3.05) is 6.54 Å². The van der Waals surface area contributed by atoms with Gasteiger partial charge >= 0.3 is 0 Å². The van der Waals surface area contributed by atoms with Crippen molar-refractivity contribution in [1.82, 2.24) is 0 Å². The van der Waals surface area contributed by atoms with Gasteiger partial charge in [0.2, 0.25) is 0 Å². The normalized spacial score (nSPS) is 22.4. The molecule has 0 spiro atoms. The summed E-state index contributed by atoms with van der Waals surface area (Å²) in [6.45, 7) is 0.264. The smallest absolute Gasteiger partial charge is 0.0830 e. The number of benzene rings is 1. The van der Waals surface area contributed by atoms with Crippen molar-refractivity contribution < 1.29 is 11.6 Å². The fourth-order valence-electron chi connectivity index (χ4n) is 2.68. The summed E-state index contributed by atoms with van der Waals surface area (Å²) < 4.78 is 7.93. The summed E-state index contributed by atoms with van der Waals surface area (Å²) >= 11 is 0. The minimum Gasteiger partial charge on any atom is -0.388 e. The molecule has 0 heterocycles. The molecular weight excluding hydrogens is 250 g/mol. The van der Waals surface area contributed by atoms with Crippen LogP contribution in [0.5, 0.6) is 0 Å². The predicted molar refractivity (Wildman–Crippen MR) is 82.1 cm³/mol. The molecule has 0 saturated heterocycles. The molecule has 20 heavy (non-hydrogen) atoms. The van der Waals surface area contributed by atoms with Crippen LogP contribution in [0.3, 0.4) is 0 Å². The van der Waals surface area contributed by atoms with Crippen LogP contribution in [0.25, 0.3) is 6.08 Å². The first kappa shape index (κ1) is 13.8. The van der Waals surface area contributed by atoms with E-state index in [9.17, 15) is 10.2 Å². The highest BCUT2D eigenvalue weighted by atomic mass is 16.3. The standard InChI is InChI=1S/C17H25NO2/c18-12-8-16(19)15-6-4-5-14(13-15)7-11-17(20)9-2-1-3-10-17/h4-7,11,13,16,19-20H,1-3,8-10,12,18H2/i16D. The highest BCUT2D eigenvalue weighted by Crippen LogP contribution is 2.30. The fraction of sp³-hybridized carbons (Fsp3) is 0.529. The van der Waals surface area contributed by atoms with Gasteiger partial charge in [-0.05, 0) is 43.0 Å². The largest absolute Gasteiger partial charge is 0.388 e. The molecule has 1 aromatic carbocycles. The van der Waals surface area contributed by atoms with E-state index in [4.69, 9.17) is 7.10 Å². The van der Waals surface area contributed by atoms with Crippen LogP contribution in [-0.2, 0) is 0 Å². The highest BCUT2D eigenvalue weighted by Gasteiger charge is 2.25. The summed E-state index contributed by atoms with van der Waals surface area (Å²) in [5.74, 6) is 0. The van der Waals surface area contributed by atoms with Crippen LogP contribution < -0.4 is 5.73 Å². The summed E-state index contributed by atoms with van der Waals surface area (Å²) in [5, 5.41) is 20.5. The number of aliphatic hydroxyl groups is 2. The summed E-state index contributed by atoms with van der Waals surface area (Å²) in [6.07, 6.45) is 7.21. The second-order valence-electron chi connectivity index (χ2n) is 5.61. The van der Waals surface area contributed by atoms with E-state index in [0.717, 1.165) is 31.2 Å². The fourth-order valence-corrected chi connectivity index (χ4v) is 2.68. The van der Waals surface area contributed by atoms with Crippen molar-refractivity contribution in [3.8, 4) is 0 Å². The van der Waals surface area contributed by atoms with Crippen molar-refractivity contribution >= 4 is 6.08 Å². The van der Waals surface area contributed by atoms with Crippen LogP contribution in [0.15, 0.2) is 30.3 Å². The first-order valence-electron chi connectivity index (χ1n) is 7.90. The van der Waals surface area contributed by atoms with Crippen molar-refractivity contribution in [3.63, 3.8) is 0 Å². The van der Waals surface area contributed by atoms with E-state index >= 15 is 0 Å². The molecule has 4 N–H and O–H groups in total. The van der Waals surface area contributed by atoms with Crippen LogP contribution in [-0.4, -0.2) is 22.4 Å². The average molecular weight is 276 g/mol. The lowest BCUT2D eigenvalue weighted by molar-refractivity contribution is 0.0521. The molecule has 1 aliphatic rings. The maximum Gasteiger partial charge on any atom is 0.0830 e. The average Bonchev–Trinajstić information content (AvgIpc) is 2.46. The topological polar surface area (TPSA) is 66.5 Å². The minimum absolute atomic E-state index is 0.199. The maximum atomic E-state index is 10.5. The second-order valence-corrected chi connectivity index (χ2v) is 5.61. The molecule has 0 radical (unpaired) electrons. The predicted octanol–water partition coefficient (Wildman–Crippen LogP) is 2.78. The van der Waals surface area contributed by atoms with Crippen molar-refractivity contribution in [2.24, 2.45) is 5.73 Å². The molecule has 1 aliphatic carbocycles. The molecule has 3 heteroatoms. The molecule has 3 nitrogen and oxygen atoms in total. The lowest BCUT2D eigenvalue weighted by atomic mass is 9.84. The van der Waals surface area contributed by atoms with Gasteiger partial charge in [-0.15, -0.1) is 0 Å².